The van der Waals surface area contributed by atoms with Crippen molar-refractivity contribution in [2.24, 2.45) is 0 Å². The Kier molecular flexibility index (Phi) is 6.17. The second-order valence-electron chi connectivity index (χ2n) is 7.23. The Balaban J connectivity index is 1.77. The number of nitrogens with zero attached hydrogens (tertiary/aromatic N) is 1. The van der Waals surface area contributed by atoms with Crippen molar-refractivity contribution in [3.05, 3.63) is 58.7 Å². The number of hydrogen-bond donors (Lipinski definition) is 1. The molecule has 2 aromatic carbocycles. The minimum absolute atomic E-state index is 0.292. The van der Waals surface area contributed by atoms with Gasteiger partial charge in [0, 0.05) is 19.6 Å². The van der Waals surface area contributed by atoms with Crippen molar-refractivity contribution in [2.45, 2.75) is 52.8 Å². The van der Waals surface area contributed by atoms with E-state index in [0.29, 0.717) is 13.3 Å². The van der Waals surface area contributed by atoms with Gasteiger partial charge < -0.3 is 14.6 Å². The summed E-state index contributed by atoms with van der Waals surface area (Å²) in [5.74, 6) is 1.61. The monoisotopic (exact) mass is 355 g/mol. The molecule has 2 aromatic rings. The summed E-state index contributed by atoms with van der Waals surface area (Å²) in [5.41, 5.74) is 5.04. The molecule has 140 valence electrons. The molecule has 3 rings (SSSR count). The normalized spacial score (nSPS) is 14.0. The Morgan fingerprint density at radius 3 is 2.65 bits per heavy atom. The molecule has 0 saturated heterocycles. The van der Waals surface area contributed by atoms with Crippen molar-refractivity contribution in [1.29, 1.82) is 0 Å². The summed E-state index contributed by atoms with van der Waals surface area (Å²) in [7, 11) is 0. The van der Waals surface area contributed by atoms with Gasteiger partial charge in [0.05, 0.1) is 6.10 Å². The molecule has 0 saturated carbocycles. The van der Waals surface area contributed by atoms with Crippen LogP contribution in [0.15, 0.2) is 36.4 Å². The van der Waals surface area contributed by atoms with E-state index in [0.717, 1.165) is 37.4 Å². The molecule has 0 aromatic heterocycles. The van der Waals surface area contributed by atoms with Crippen molar-refractivity contribution in [1.82, 2.24) is 4.90 Å². The van der Waals surface area contributed by atoms with Crippen LogP contribution in [0.25, 0.3) is 0 Å². The van der Waals surface area contributed by atoms with Crippen LogP contribution < -0.4 is 9.47 Å². The van der Waals surface area contributed by atoms with Gasteiger partial charge in [0.2, 0.25) is 6.79 Å². The van der Waals surface area contributed by atoms with Gasteiger partial charge in [-0.15, -0.1) is 0 Å². The SMILES string of the molecule is CCCC(O)CN(Cc1ccc2c(c1)OCO2)Cc1cc(C)ccc1C. The van der Waals surface area contributed by atoms with Crippen LogP contribution in [0.2, 0.25) is 0 Å². The molecule has 0 spiro atoms. The zero-order chi connectivity index (χ0) is 18.5. The van der Waals surface area contributed by atoms with Gasteiger partial charge in [0.1, 0.15) is 0 Å². The maximum absolute atomic E-state index is 10.4. The highest BCUT2D eigenvalue weighted by molar-refractivity contribution is 5.44. The maximum atomic E-state index is 10.4. The van der Waals surface area contributed by atoms with Crippen molar-refractivity contribution in [3.63, 3.8) is 0 Å². The summed E-state index contributed by atoms with van der Waals surface area (Å²) in [6.07, 6.45) is 1.51. The molecule has 1 aliphatic heterocycles. The molecule has 0 fully saturated rings. The first-order valence-electron chi connectivity index (χ1n) is 9.40. The molecule has 1 atom stereocenters. The predicted molar refractivity (Wildman–Crippen MR) is 104 cm³/mol. The molecule has 0 amide bonds. The lowest BCUT2D eigenvalue weighted by molar-refractivity contribution is 0.0969. The number of aliphatic hydroxyl groups excluding tert-OH is 1. The molecule has 1 N–H and O–H groups in total. The highest BCUT2D eigenvalue weighted by atomic mass is 16.7. The Hall–Kier alpha value is -2.04. The van der Waals surface area contributed by atoms with E-state index in [1.165, 1.54) is 22.3 Å². The third-order valence-corrected chi connectivity index (χ3v) is 4.83. The average molecular weight is 355 g/mol. The fourth-order valence-corrected chi connectivity index (χ4v) is 3.42. The van der Waals surface area contributed by atoms with Crippen molar-refractivity contribution in [2.75, 3.05) is 13.3 Å². The van der Waals surface area contributed by atoms with Gasteiger partial charge in [-0.3, -0.25) is 4.90 Å². The highest BCUT2D eigenvalue weighted by Crippen LogP contribution is 2.33. The zero-order valence-corrected chi connectivity index (χ0v) is 16.0. The van der Waals surface area contributed by atoms with E-state index in [-0.39, 0.29) is 6.10 Å². The Morgan fingerprint density at radius 1 is 1.04 bits per heavy atom. The smallest absolute Gasteiger partial charge is 0.231 e. The van der Waals surface area contributed by atoms with Crippen molar-refractivity contribution < 1.29 is 14.6 Å². The van der Waals surface area contributed by atoms with Gasteiger partial charge in [-0.1, -0.05) is 43.2 Å². The van der Waals surface area contributed by atoms with Crippen LogP contribution in [0.3, 0.4) is 0 Å². The predicted octanol–water partition coefficient (Wildman–Crippen LogP) is 4.20. The van der Waals surface area contributed by atoms with E-state index in [1.54, 1.807) is 0 Å². The molecular formula is C22H29NO3. The van der Waals surface area contributed by atoms with Crippen LogP contribution in [-0.2, 0) is 13.1 Å². The minimum atomic E-state index is -0.306. The second kappa shape index (κ2) is 8.56. The summed E-state index contributed by atoms with van der Waals surface area (Å²) in [6, 6.07) is 12.7. The second-order valence-corrected chi connectivity index (χ2v) is 7.23. The summed E-state index contributed by atoms with van der Waals surface area (Å²) in [6.45, 7) is 8.92. The highest BCUT2D eigenvalue weighted by Gasteiger charge is 2.17. The molecule has 1 unspecified atom stereocenters. The first-order chi connectivity index (χ1) is 12.5. The molecule has 0 bridgehead atoms. The lowest BCUT2D eigenvalue weighted by Crippen LogP contribution is -2.32. The lowest BCUT2D eigenvalue weighted by atomic mass is 10.0. The van der Waals surface area contributed by atoms with E-state index in [1.807, 2.05) is 12.1 Å². The van der Waals surface area contributed by atoms with Crippen LogP contribution in [0.5, 0.6) is 11.5 Å². The third kappa shape index (κ3) is 4.77. The van der Waals surface area contributed by atoms with Gasteiger partial charge in [-0.25, -0.2) is 0 Å². The van der Waals surface area contributed by atoms with Gasteiger partial charge >= 0.3 is 0 Å². The van der Waals surface area contributed by atoms with Gasteiger partial charge in [0.25, 0.3) is 0 Å². The first-order valence-corrected chi connectivity index (χ1v) is 9.40. The molecule has 4 heteroatoms. The summed E-state index contributed by atoms with van der Waals surface area (Å²) >= 11 is 0. The zero-order valence-electron chi connectivity index (χ0n) is 16.0. The van der Waals surface area contributed by atoms with Crippen LogP contribution >= 0.6 is 0 Å². The molecule has 0 aliphatic carbocycles. The standard InChI is InChI=1S/C22H29NO3/c1-4-5-20(24)14-23(13-19-10-16(2)6-7-17(19)3)12-18-8-9-21-22(11-18)26-15-25-21/h6-11,20,24H,4-5,12-15H2,1-3H3. The first kappa shape index (κ1) is 18.7. The molecule has 26 heavy (non-hydrogen) atoms. The summed E-state index contributed by atoms with van der Waals surface area (Å²) in [5, 5.41) is 10.4. The topological polar surface area (TPSA) is 41.9 Å². The van der Waals surface area contributed by atoms with Crippen LogP contribution in [0.1, 0.15) is 42.0 Å². The van der Waals surface area contributed by atoms with Crippen LogP contribution in [0, 0.1) is 13.8 Å². The van der Waals surface area contributed by atoms with Crippen molar-refractivity contribution >= 4 is 0 Å². The Bertz CT molecular complexity index is 744. The van der Waals surface area contributed by atoms with Gasteiger partial charge in [0.15, 0.2) is 11.5 Å². The third-order valence-electron chi connectivity index (χ3n) is 4.83. The molecule has 0 radical (unpaired) electrons. The molecule has 4 nitrogen and oxygen atoms in total. The number of ether oxygens (including phenoxy) is 2. The lowest BCUT2D eigenvalue weighted by Gasteiger charge is -2.26. The Labute approximate surface area is 156 Å². The quantitative estimate of drug-likeness (QED) is 0.771. The summed E-state index contributed by atoms with van der Waals surface area (Å²) < 4.78 is 10.9. The van der Waals surface area contributed by atoms with Gasteiger partial charge in [-0.05, 0) is 49.1 Å². The van der Waals surface area contributed by atoms with E-state index in [4.69, 9.17) is 9.47 Å². The number of hydrogen-bond acceptors (Lipinski definition) is 4. The number of aliphatic hydroxyl groups is 1. The van der Waals surface area contributed by atoms with E-state index in [2.05, 4.69) is 49.9 Å². The average Bonchev–Trinajstić information content (AvgIpc) is 3.06. The minimum Gasteiger partial charge on any atom is -0.454 e. The van der Waals surface area contributed by atoms with Crippen molar-refractivity contribution in [3.8, 4) is 11.5 Å². The fourth-order valence-electron chi connectivity index (χ4n) is 3.42. The number of rotatable bonds is 8. The van der Waals surface area contributed by atoms with E-state index in [9.17, 15) is 5.11 Å². The van der Waals surface area contributed by atoms with Crippen LogP contribution in [-0.4, -0.2) is 29.4 Å². The number of benzene rings is 2. The van der Waals surface area contributed by atoms with Gasteiger partial charge in [-0.2, -0.15) is 0 Å². The summed E-state index contributed by atoms with van der Waals surface area (Å²) in [4.78, 5) is 2.32. The molecule has 1 heterocycles. The maximum Gasteiger partial charge on any atom is 0.231 e. The van der Waals surface area contributed by atoms with E-state index >= 15 is 0 Å². The molecule has 1 aliphatic rings. The number of aryl methyl sites for hydroxylation is 2. The fraction of sp³-hybridized carbons (Fsp3) is 0.455. The largest absolute Gasteiger partial charge is 0.454 e. The van der Waals surface area contributed by atoms with E-state index < -0.39 is 0 Å². The number of fused-ring (bicyclic) bond motifs is 1. The molecular weight excluding hydrogens is 326 g/mol. The Morgan fingerprint density at radius 2 is 1.85 bits per heavy atom. The van der Waals surface area contributed by atoms with Crippen LogP contribution in [0.4, 0.5) is 0 Å².